The van der Waals surface area contributed by atoms with Crippen LogP contribution in [0.1, 0.15) is 15.9 Å². The highest BCUT2D eigenvalue weighted by Crippen LogP contribution is 2.31. The summed E-state index contributed by atoms with van der Waals surface area (Å²) in [7, 11) is 0. The van der Waals surface area contributed by atoms with E-state index in [0.29, 0.717) is 13.2 Å². The quantitative estimate of drug-likeness (QED) is 0.466. The summed E-state index contributed by atoms with van der Waals surface area (Å²) in [5.74, 6) is -2.72. The van der Waals surface area contributed by atoms with Crippen LogP contribution in [0.5, 0.6) is 5.88 Å². The molecule has 1 atom stereocenters. The predicted octanol–water partition coefficient (Wildman–Crippen LogP) is 1.86. The van der Waals surface area contributed by atoms with Crippen molar-refractivity contribution in [2.24, 2.45) is 5.73 Å². The number of hydrogen-bond acceptors (Lipinski definition) is 7. The number of hydrogen-bond donors (Lipinski definition) is 4. The van der Waals surface area contributed by atoms with E-state index in [1.807, 2.05) is 0 Å². The molecule has 5 N–H and O–H groups in total. The van der Waals surface area contributed by atoms with Gasteiger partial charge >= 0.3 is 6.03 Å². The lowest BCUT2D eigenvalue weighted by atomic mass is 10.2. The molecule has 9 nitrogen and oxygen atoms in total. The standard InChI is InChI=1S/C17H18ClF2N5O4S/c18-10-4-11(19)8(3-12(10)20)7-29-15-13(14(21)26)16(30-25-15)24-17(27)23-6-9-5-22-1-2-28-9/h3-4,9,22H,1-2,5-7H2,(H2,21,26)(H2,23,24,27). The van der Waals surface area contributed by atoms with E-state index in [4.69, 9.17) is 26.8 Å². The topological polar surface area (TPSA) is 128 Å². The van der Waals surface area contributed by atoms with Crippen molar-refractivity contribution < 1.29 is 27.8 Å². The number of urea groups is 1. The maximum Gasteiger partial charge on any atom is 0.320 e. The van der Waals surface area contributed by atoms with E-state index in [-0.39, 0.29) is 39.7 Å². The first kappa shape index (κ1) is 22.2. The number of nitrogens with zero attached hydrogens (tertiary/aromatic N) is 1. The highest BCUT2D eigenvalue weighted by Gasteiger charge is 2.23. The monoisotopic (exact) mass is 461 g/mol. The van der Waals surface area contributed by atoms with Gasteiger partial charge in [-0.1, -0.05) is 11.6 Å². The molecule has 30 heavy (non-hydrogen) atoms. The molecule has 3 rings (SSSR count). The van der Waals surface area contributed by atoms with Gasteiger partial charge in [-0.15, -0.1) is 0 Å². The van der Waals surface area contributed by atoms with Gasteiger partial charge in [-0.25, -0.2) is 13.6 Å². The van der Waals surface area contributed by atoms with Crippen molar-refractivity contribution in [3.05, 3.63) is 39.9 Å². The Hall–Kier alpha value is -2.54. The molecule has 1 fully saturated rings. The maximum absolute atomic E-state index is 13.9. The lowest BCUT2D eigenvalue weighted by Crippen LogP contribution is -2.46. The number of anilines is 1. The van der Waals surface area contributed by atoms with Crippen molar-refractivity contribution in [3.63, 3.8) is 0 Å². The summed E-state index contributed by atoms with van der Waals surface area (Å²) >= 11 is 6.27. The maximum atomic E-state index is 13.9. The van der Waals surface area contributed by atoms with Crippen molar-refractivity contribution in [1.82, 2.24) is 15.0 Å². The number of aromatic nitrogens is 1. The lowest BCUT2D eigenvalue weighted by molar-refractivity contribution is 0.0310. The van der Waals surface area contributed by atoms with Gasteiger partial charge in [0, 0.05) is 25.2 Å². The van der Waals surface area contributed by atoms with Crippen molar-refractivity contribution in [1.29, 1.82) is 0 Å². The van der Waals surface area contributed by atoms with Gasteiger partial charge in [0.1, 0.15) is 28.8 Å². The number of ether oxygens (including phenoxy) is 2. The van der Waals surface area contributed by atoms with E-state index >= 15 is 0 Å². The number of amides is 3. The highest BCUT2D eigenvalue weighted by atomic mass is 35.5. The van der Waals surface area contributed by atoms with Gasteiger partial charge in [-0.2, -0.15) is 4.37 Å². The van der Waals surface area contributed by atoms with Crippen LogP contribution in [0.15, 0.2) is 12.1 Å². The van der Waals surface area contributed by atoms with Crippen LogP contribution in [-0.4, -0.2) is 48.7 Å². The Labute approximate surface area is 179 Å². The summed E-state index contributed by atoms with van der Waals surface area (Å²) < 4.78 is 42.1. The molecule has 1 unspecified atom stereocenters. The van der Waals surface area contributed by atoms with Gasteiger partial charge < -0.3 is 25.8 Å². The molecular formula is C17H18ClF2N5O4S. The molecule has 1 saturated heterocycles. The minimum Gasteiger partial charge on any atom is -0.471 e. The average molecular weight is 462 g/mol. The number of carbonyl (C=O) groups excluding carboxylic acids is 2. The Balaban J connectivity index is 1.63. The third-order valence-electron chi connectivity index (χ3n) is 4.08. The normalized spacial score (nSPS) is 16.2. The second-order valence-electron chi connectivity index (χ2n) is 6.23. The van der Waals surface area contributed by atoms with Gasteiger partial charge in [0.25, 0.3) is 5.91 Å². The third kappa shape index (κ3) is 5.53. The Kier molecular flexibility index (Phi) is 7.37. The van der Waals surface area contributed by atoms with E-state index in [9.17, 15) is 18.4 Å². The average Bonchev–Trinajstić information content (AvgIpc) is 3.11. The van der Waals surface area contributed by atoms with Crippen molar-refractivity contribution >= 4 is 40.1 Å². The van der Waals surface area contributed by atoms with E-state index in [1.165, 1.54) is 0 Å². The van der Waals surface area contributed by atoms with Gasteiger partial charge in [0.2, 0.25) is 5.88 Å². The molecule has 1 aliphatic heterocycles. The molecule has 1 aromatic heterocycles. The van der Waals surface area contributed by atoms with Gasteiger partial charge in [-0.05, 0) is 23.7 Å². The van der Waals surface area contributed by atoms with E-state index < -0.39 is 30.2 Å². The summed E-state index contributed by atoms with van der Waals surface area (Å²) in [6, 6.07) is 1.10. The van der Waals surface area contributed by atoms with Gasteiger partial charge in [0.15, 0.2) is 0 Å². The van der Waals surface area contributed by atoms with Crippen LogP contribution in [0, 0.1) is 11.6 Å². The van der Waals surface area contributed by atoms with Crippen LogP contribution in [0.25, 0.3) is 0 Å². The van der Waals surface area contributed by atoms with Crippen LogP contribution < -0.4 is 26.4 Å². The van der Waals surface area contributed by atoms with Crippen LogP contribution in [0.4, 0.5) is 18.6 Å². The molecule has 0 bridgehead atoms. The highest BCUT2D eigenvalue weighted by molar-refractivity contribution is 7.11. The fraction of sp³-hybridized carbons (Fsp3) is 0.353. The fourth-order valence-electron chi connectivity index (χ4n) is 2.60. The largest absolute Gasteiger partial charge is 0.471 e. The molecule has 0 saturated carbocycles. The number of nitrogens with two attached hydrogens (primary N) is 1. The lowest BCUT2D eigenvalue weighted by Gasteiger charge is -2.23. The number of rotatable bonds is 7. The second-order valence-corrected chi connectivity index (χ2v) is 7.42. The van der Waals surface area contributed by atoms with Crippen LogP contribution in [-0.2, 0) is 11.3 Å². The van der Waals surface area contributed by atoms with Gasteiger partial charge in [-0.3, -0.25) is 10.1 Å². The summed E-state index contributed by atoms with van der Waals surface area (Å²) in [4.78, 5) is 23.9. The summed E-state index contributed by atoms with van der Waals surface area (Å²) in [6.45, 7) is 1.73. The number of nitrogens with one attached hydrogen (secondary N) is 3. The molecule has 1 aliphatic rings. The van der Waals surface area contributed by atoms with Crippen molar-refractivity contribution in [2.75, 3.05) is 31.6 Å². The first-order valence-corrected chi connectivity index (χ1v) is 9.93. The number of halogens is 3. The smallest absolute Gasteiger partial charge is 0.320 e. The number of primary amides is 1. The fourth-order valence-corrected chi connectivity index (χ4v) is 3.49. The zero-order valence-corrected chi connectivity index (χ0v) is 17.0. The Morgan fingerprint density at radius 1 is 1.40 bits per heavy atom. The Morgan fingerprint density at radius 3 is 2.90 bits per heavy atom. The molecule has 2 aromatic rings. The van der Waals surface area contributed by atoms with Crippen molar-refractivity contribution in [2.45, 2.75) is 12.7 Å². The molecule has 0 aliphatic carbocycles. The predicted molar refractivity (Wildman–Crippen MR) is 106 cm³/mol. The molecule has 162 valence electrons. The van der Waals surface area contributed by atoms with Gasteiger partial charge in [0.05, 0.1) is 17.7 Å². The molecular weight excluding hydrogens is 444 g/mol. The third-order valence-corrected chi connectivity index (χ3v) is 5.12. The van der Waals surface area contributed by atoms with Crippen LogP contribution in [0.3, 0.4) is 0 Å². The molecule has 3 amide bonds. The molecule has 0 spiro atoms. The molecule has 1 aromatic carbocycles. The number of benzene rings is 1. The zero-order valence-electron chi connectivity index (χ0n) is 15.5. The van der Waals surface area contributed by atoms with Crippen LogP contribution >= 0.6 is 23.1 Å². The Bertz CT molecular complexity index is 939. The second kappa shape index (κ2) is 9.98. The summed E-state index contributed by atoms with van der Waals surface area (Å²) in [6.07, 6.45) is -0.171. The molecule has 2 heterocycles. The number of morpholine rings is 1. The van der Waals surface area contributed by atoms with E-state index in [0.717, 1.165) is 30.2 Å². The van der Waals surface area contributed by atoms with Crippen LogP contribution in [0.2, 0.25) is 5.02 Å². The first-order valence-electron chi connectivity index (χ1n) is 8.78. The summed E-state index contributed by atoms with van der Waals surface area (Å²) in [5.41, 5.74) is 5.05. The van der Waals surface area contributed by atoms with Crippen molar-refractivity contribution in [3.8, 4) is 5.88 Å². The minimum absolute atomic E-state index is 0.0560. The SMILES string of the molecule is NC(=O)c1c(OCc2cc(F)c(Cl)cc2F)nsc1NC(=O)NCC1CNCCO1. The van der Waals surface area contributed by atoms with E-state index in [2.05, 4.69) is 20.3 Å². The minimum atomic E-state index is -0.906. The first-order chi connectivity index (χ1) is 14.3. The summed E-state index contributed by atoms with van der Waals surface area (Å²) in [5, 5.41) is 7.92. The zero-order chi connectivity index (χ0) is 21.7. The Morgan fingerprint density at radius 2 is 2.20 bits per heavy atom. The number of carbonyl (C=O) groups is 2. The van der Waals surface area contributed by atoms with E-state index in [1.54, 1.807) is 0 Å². The molecule has 0 radical (unpaired) electrons. The molecule has 13 heteroatoms.